The normalized spacial score (nSPS) is 10.8. The van der Waals surface area contributed by atoms with Crippen LogP contribution in [-0.2, 0) is 13.2 Å². The van der Waals surface area contributed by atoms with Crippen LogP contribution in [0.15, 0.2) is 78.9 Å². The summed E-state index contributed by atoms with van der Waals surface area (Å²) in [5.41, 5.74) is 2.38. The summed E-state index contributed by atoms with van der Waals surface area (Å²) in [6, 6.07) is 24.4. The smallest absolute Gasteiger partial charge is 0.163 e. The third kappa shape index (κ3) is 4.34. The van der Waals surface area contributed by atoms with E-state index < -0.39 is 0 Å². The zero-order valence-electron chi connectivity index (χ0n) is 16.5. The van der Waals surface area contributed by atoms with Crippen molar-refractivity contribution in [1.82, 2.24) is 0 Å². The van der Waals surface area contributed by atoms with Gasteiger partial charge >= 0.3 is 0 Å². The molecular formula is C25H21ClFNO2. The maximum atomic E-state index is 13.8. The first-order chi connectivity index (χ1) is 14.7. The molecule has 5 heteroatoms. The number of rotatable bonds is 7. The molecule has 0 aliphatic heterocycles. The van der Waals surface area contributed by atoms with Crippen LogP contribution < -0.4 is 14.8 Å². The van der Waals surface area contributed by atoms with Gasteiger partial charge in [-0.2, -0.15) is 0 Å². The molecule has 0 aromatic heterocycles. The zero-order chi connectivity index (χ0) is 20.9. The predicted molar refractivity (Wildman–Crippen MR) is 120 cm³/mol. The number of anilines is 1. The summed E-state index contributed by atoms with van der Waals surface area (Å²) in [7, 11) is 1.57. The second-order valence-electron chi connectivity index (χ2n) is 6.85. The molecule has 4 aromatic rings. The number of halogens is 2. The Morgan fingerprint density at radius 3 is 2.47 bits per heavy atom. The van der Waals surface area contributed by atoms with E-state index in [4.69, 9.17) is 21.1 Å². The van der Waals surface area contributed by atoms with E-state index in [-0.39, 0.29) is 12.4 Å². The highest BCUT2D eigenvalue weighted by Gasteiger charge is 2.12. The maximum Gasteiger partial charge on any atom is 0.163 e. The number of ether oxygens (including phenoxy) is 2. The molecule has 30 heavy (non-hydrogen) atoms. The van der Waals surface area contributed by atoms with Gasteiger partial charge in [-0.15, -0.1) is 0 Å². The number of hydrogen-bond donors (Lipinski definition) is 1. The first-order valence-electron chi connectivity index (χ1n) is 9.60. The molecule has 0 fully saturated rings. The molecular weight excluding hydrogens is 401 g/mol. The molecule has 3 nitrogen and oxygen atoms in total. The number of fused-ring (bicyclic) bond motifs is 1. The minimum atomic E-state index is -0.307. The Kier molecular flexibility index (Phi) is 6.05. The van der Waals surface area contributed by atoms with Crippen LogP contribution in [0.2, 0.25) is 5.02 Å². The zero-order valence-corrected chi connectivity index (χ0v) is 17.2. The average molecular weight is 422 g/mol. The molecule has 0 unspecified atom stereocenters. The fourth-order valence-corrected chi connectivity index (χ4v) is 3.55. The van der Waals surface area contributed by atoms with Crippen LogP contribution in [0, 0.1) is 5.82 Å². The van der Waals surface area contributed by atoms with Gasteiger partial charge in [-0.1, -0.05) is 66.2 Å². The van der Waals surface area contributed by atoms with E-state index in [1.807, 2.05) is 30.3 Å². The van der Waals surface area contributed by atoms with Crippen molar-refractivity contribution < 1.29 is 13.9 Å². The predicted octanol–water partition coefficient (Wildman–Crippen LogP) is 6.83. The maximum absolute atomic E-state index is 13.8. The van der Waals surface area contributed by atoms with Crippen molar-refractivity contribution in [2.45, 2.75) is 13.2 Å². The lowest BCUT2D eigenvalue weighted by molar-refractivity contribution is 0.279. The number of hydrogen-bond acceptors (Lipinski definition) is 3. The van der Waals surface area contributed by atoms with E-state index >= 15 is 0 Å². The highest BCUT2D eigenvalue weighted by atomic mass is 35.5. The fraction of sp³-hybridized carbons (Fsp3) is 0.120. The molecule has 0 heterocycles. The van der Waals surface area contributed by atoms with Crippen LogP contribution >= 0.6 is 11.6 Å². The molecule has 0 saturated heterocycles. The van der Waals surface area contributed by atoms with Gasteiger partial charge in [0.15, 0.2) is 11.5 Å². The molecule has 0 bridgehead atoms. The second kappa shape index (κ2) is 9.06. The molecule has 0 aliphatic carbocycles. The Labute approximate surface area is 180 Å². The molecule has 0 amide bonds. The molecule has 0 aliphatic rings. The summed E-state index contributed by atoms with van der Waals surface area (Å²) >= 11 is 6.51. The molecule has 152 valence electrons. The van der Waals surface area contributed by atoms with E-state index in [2.05, 4.69) is 23.5 Å². The van der Waals surface area contributed by atoms with Crippen molar-refractivity contribution in [3.63, 3.8) is 0 Å². The van der Waals surface area contributed by atoms with Crippen molar-refractivity contribution in [3.8, 4) is 11.5 Å². The van der Waals surface area contributed by atoms with E-state index in [1.54, 1.807) is 31.4 Å². The van der Waals surface area contributed by atoms with Crippen molar-refractivity contribution in [1.29, 1.82) is 0 Å². The molecule has 0 spiro atoms. The highest BCUT2D eigenvalue weighted by Crippen LogP contribution is 2.35. The summed E-state index contributed by atoms with van der Waals surface area (Å²) in [5, 5.41) is 6.31. The topological polar surface area (TPSA) is 30.5 Å². The summed E-state index contributed by atoms with van der Waals surface area (Å²) in [5.74, 6) is 0.712. The van der Waals surface area contributed by atoms with Crippen LogP contribution in [0.1, 0.15) is 11.1 Å². The SMILES string of the molecule is COc1cc(CNc2cccc3ccccc23)c(Cl)cc1OCc1ccccc1F. The standard InChI is InChI=1S/C25H21ClFNO2/c1-29-24-13-19(15-28-23-12-6-9-17-7-2-4-10-20(17)23)21(26)14-25(24)30-16-18-8-3-5-11-22(18)27/h2-14,28H,15-16H2,1H3. The number of benzene rings is 4. The van der Waals surface area contributed by atoms with Gasteiger partial charge in [0, 0.05) is 34.3 Å². The monoisotopic (exact) mass is 421 g/mol. The lowest BCUT2D eigenvalue weighted by Gasteiger charge is -2.15. The summed E-state index contributed by atoms with van der Waals surface area (Å²) in [6.45, 7) is 0.615. The van der Waals surface area contributed by atoms with E-state index in [0.717, 1.165) is 16.6 Å². The van der Waals surface area contributed by atoms with Gasteiger partial charge < -0.3 is 14.8 Å². The Morgan fingerprint density at radius 2 is 1.63 bits per heavy atom. The molecule has 1 N–H and O–H groups in total. The van der Waals surface area contributed by atoms with E-state index in [9.17, 15) is 4.39 Å². The Hall–Kier alpha value is -3.24. The van der Waals surface area contributed by atoms with E-state index in [0.29, 0.717) is 28.6 Å². The second-order valence-corrected chi connectivity index (χ2v) is 7.26. The van der Waals surface area contributed by atoms with Crippen molar-refractivity contribution in [2.24, 2.45) is 0 Å². The molecule has 4 rings (SSSR count). The largest absolute Gasteiger partial charge is 0.493 e. The van der Waals surface area contributed by atoms with Gasteiger partial charge in [-0.25, -0.2) is 4.39 Å². The van der Waals surface area contributed by atoms with Gasteiger partial charge in [0.2, 0.25) is 0 Å². The number of nitrogens with one attached hydrogen (secondary N) is 1. The summed E-state index contributed by atoms with van der Waals surface area (Å²) in [4.78, 5) is 0. The van der Waals surface area contributed by atoms with Gasteiger partial charge in [0.25, 0.3) is 0 Å². The van der Waals surface area contributed by atoms with Gasteiger partial charge in [-0.05, 0) is 29.1 Å². The minimum absolute atomic E-state index is 0.0902. The third-order valence-electron chi connectivity index (χ3n) is 4.93. The molecule has 4 aromatic carbocycles. The quantitative estimate of drug-likeness (QED) is 0.354. The average Bonchev–Trinajstić information content (AvgIpc) is 2.78. The number of methoxy groups -OCH3 is 1. The molecule has 0 saturated carbocycles. The first-order valence-corrected chi connectivity index (χ1v) is 9.98. The molecule has 0 atom stereocenters. The Balaban J connectivity index is 1.52. The van der Waals surface area contributed by atoms with Gasteiger partial charge in [0.1, 0.15) is 12.4 Å². The lowest BCUT2D eigenvalue weighted by Crippen LogP contribution is -2.04. The van der Waals surface area contributed by atoms with Gasteiger partial charge in [-0.3, -0.25) is 0 Å². The van der Waals surface area contributed by atoms with Crippen LogP contribution in [-0.4, -0.2) is 7.11 Å². The first kappa shape index (κ1) is 20.0. The van der Waals surface area contributed by atoms with Crippen LogP contribution in [0.4, 0.5) is 10.1 Å². The van der Waals surface area contributed by atoms with Crippen LogP contribution in [0.3, 0.4) is 0 Å². The Morgan fingerprint density at radius 1 is 0.867 bits per heavy atom. The van der Waals surface area contributed by atoms with Crippen LogP contribution in [0.5, 0.6) is 11.5 Å². The van der Waals surface area contributed by atoms with Gasteiger partial charge in [0.05, 0.1) is 7.11 Å². The molecule has 0 radical (unpaired) electrons. The van der Waals surface area contributed by atoms with Crippen molar-refractivity contribution >= 4 is 28.1 Å². The van der Waals surface area contributed by atoms with Crippen LogP contribution in [0.25, 0.3) is 10.8 Å². The third-order valence-corrected chi connectivity index (χ3v) is 5.28. The minimum Gasteiger partial charge on any atom is -0.493 e. The van der Waals surface area contributed by atoms with E-state index in [1.165, 1.54) is 11.5 Å². The lowest BCUT2D eigenvalue weighted by atomic mass is 10.1. The van der Waals surface area contributed by atoms with Crippen molar-refractivity contribution in [2.75, 3.05) is 12.4 Å². The summed E-state index contributed by atoms with van der Waals surface area (Å²) < 4.78 is 25.1. The van der Waals surface area contributed by atoms with Crippen molar-refractivity contribution in [3.05, 3.63) is 101 Å². The Bertz CT molecular complexity index is 1170. The summed E-state index contributed by atoms with van der Waals surface area (Å²) in [6.07, 6.45) is 0. The highest BCUT2D eigenvalue weighted by molar-refractivity contribution is 6.31. The fourth-order valence-electron chi connectivity index (χ4n) is 3.33.